The number of hydrogen-bond donors (Lipinski definition) is 4. The molecule has 1 fully saturated rings. The minimum absolute atomic E-state index is 0.0452. The quantitative estimate of drug-likeness (QED) is 0.580. The van der Waals surface area contributed by atoms with Gasteiger partial charge in [-0.25, -0.2) is 9.29 Å². The Bertz CT molecular complexity index is 958. The topological polar surface area (TPSA) is 128 Å². The van der Waals surface area contributed by atoms with Crippen molar-refractivity contribution < 1.29 is 19.0 Å². The summed E-state index contributed by atoms with van der Waals surface area (Å²) in [5, 5.41) is 12.8. The molecule has 0 aliphatic carbocycles. The third kappa shape index (κ3) is 4.55. The van der Waals surface area contributed by atoms with Gasteiger partial charge in [-0.1, -0.05) is 29.8 Å². The number of hydrogen-bond acceptors (Lipinski definition) is 7. The molecule has 0 saturated carbocycles. The van der Waals surface area contributed by atoms with Crippen molar-refractivity contribution in [2.24, 2.45) is 7.05 Å². The van der Waals surface area contributed by atoms with Crippen LogP contribution in [0.15, 0.2) is 29.1 Å². The molecule has 0 spiro atoms. The van der Waals surface area contributed by atoms with Gasteiger partial charge >= 0.3 is 0 Å². The number of amides is 1. The maximum Gasteiger partial charge on any atom is 0.297 e. The van der Waals surface area contributed by atoms with Crippen molar-refractivity contribution in [2.75, 3.05) is 23.1 Å². The molecule has 4 N–H and O–H groups in total. The van der Waals surface area contributed by atoms with Crippen LogP contribution in [0.25, 0.3) is 0 Å². The number of anilines is 1. The standard InChI is InChI=1S/C19H26N4O5S/c1-13-5-7-14(8-6-13)9-10-20-17(25)15-16(24)18(26)22(2)19(21-15)23-11-3-4-12-29(23,27)28/h5-8,24,27-28H,3-4,9-12H2,1-2H3,(H,20,25). The molecule has 10 heteroatoms. The predicted octanol–water partition coefficient (Wildman–Crippen LogP) is 2.03. The second-order valence-electron chi connectivity index (χ2n) is 7.11. The predicted molar refractivity (Wildman–Crippen MR) is 113 cm³/mol. The smallest absolute Gasteiger partial charge is 0.297 e. The SMILES string of the molecule is Cc1ccc(CCNC(=O)c2nc(N3CCCCS3(O)O)n(C)c(=O)c2O)cc1. The van der Waals surface area contributed by atoms with Crippen molar-refractivity contribution >= 4 is 22.6 Å². The molecule has 158 valence electrons. The maximum absolute atomic E-state index is 12.6. The largest absolute Gasteiger partial charge is 0.501 e. The second-order valence-corrected chi connectivity index (χ2v) is 9.22. The van der Waals surface area contributed by atoms with E-state index < -0.39 is 33.7 Å². The molecule has 2 aromatic rings. The fraction of sp³-hybridized carbons (Fsp3) is 0.421. The highest BCUT2D eigenvalue weighted by Gasteiger charge is 2.31. The Balaban J connectivity index is 1.81. The Labute approximate surface area is 170 Å². The zero-order valence-corrected chi connectivity index (χ0v) is 17.3. The third-order valence-electron chi connectivity index (χ3n) is 4.88. The maximum atomic E-state index is 12.6. The Hall–Kier alpha value is -2.56. The zero-order valence-electron chi connectivity index (χ0n) is 16.5. The number of carbonyl (C=O) groups excluding carboxylic acids is 1. The van der Waals surface area contributed by atoms with Gasteiger partial charge in [-0.3, -0.25) is 23.3 Å². The lowest BCUT2D eigenvalue weighted by atomic mass is 10.1. The summed E-state index contributed by atoms with van der Waals surface area (Å²) in [5.41, 5.74) is 0.940. The van der Waals surface area contributed by atoms with Crippen LogP contribution in [-0.2, 0) is 13.5 Å². The van der Waals surface area contributed by atoms with Gasteiger partial charge in [0, 0.05) is 20.1 Å². The summed E-state index contributed by atoms with van der Waals surface area (Å²) < 4.78 is 22.9. The first-order valence-electron chi connectivity index (χ1n) is 9.38. The van der Waals surface area contributed by atoms with E-state index in [0.717, 1.165) is 15.7 Å². The Morgan fingerprint density at radius 3 is 2.59 bits per heavy atom. The van der Waals surface area contributed by atoms with Crippen LogP contribution in [0.5, 0.6) is 5.75 Å². The van der Waals surface area contributed by atoms with Crippen LogP contribution in [-0.4, -0.2) is 48.5 Å². The van der Waals surface area contributed by atoms with E-state index in [0.29, 0.717) is 32.4 Å². The van der Waals surface area contributed by atoms with Gasteiger partial charge in [0.1, 0.15) is 0 Å². The fourth-order valence-corrected chi connectivity index (χ4v) is 4.82. The Morgan fingerprint density at radius 2 is 1.93 bits per heavy atom. The number of aromatic nitrogens is 2. The normalized spacial score (nSPS) is 17.0. The van der Waals surface area contributed by atoms with E-state index >= 15 is 0 Å². The minimum Gasteiger partial charge on any atom is -0.501 e. The summed E-state index contributed by atoms with van der Waals surface area (Å²) in [6, 6.07) is 7.90. The van der Waals surface area contributed by atoms with Crippen molar-refractivity contribution in [3.05, 3.63) is 51.4 Å². The molecule has 3 rings (SSSR count). The van der Waals surface area contributed by atoms with Gasteiger partial charge in [-0.05, 0) is 31.7 Å². The molecule has 1 aromatic heterocycles. The van der Waals surface area contributed by atoms with Crippen LogP contribution in [0.2, 0.25) is 0 Å². The van der Waals surface area contributed by atoms with Crippen molar-refractivity contribution in [2.45, 2.75) is 26.2 Å². The molecule has 0 unspecified atom stereocenters. The number of aryl methyl sites for hydroxylation is 1. The first kappa shape index (κ1) is 21.2. The summed E-state index contributed by atoms with van der Waals surface area (Å²) in [4.78, 5) is 29.1. The molecule has 0 atom stereocenters. The van der Waals surface area contributed by atoms with Crippen LogP contribution in [0, 0.1) is 6.92 Å². The van der Waals surface area contributed by atoms with Crippen LogP contribution < -0.4 is 15.2 Å². The van der Waals surface area contributed by atoms with Crippen LogP contribution >= 0.6 is 10.8 Å². The third-order valence-corrected chi connectivity index (χ3v) is 6.77. The zero-order chi connectivity index (χ0) is 21.2. The minimum atomic E-state index is -3.13. The van der Waals surface area contributed by atoms with Gasteiger partial charge in [0.25, 0.3) is 11.5 Å². The van der Waals surface area contributed by atoms with E-state index in [2.05, 4.69) is 10.3 Å². The molecule has 1 saturated heterocycles. The average Bonchev–Trinajstić information content (AvgIpc) is 2.68. The molecule has 1 aliphatic rings. The van der Waals surface area contributed by atoms with Crippen LogP contribution in [0.3, 0.4) is 0 Å². The highest BCUT2D eigenvalue weighted by Crippen LogP contribution is 2.48. The molecule has 1 aromatic carbocycles. The number of nitrogens with zero attached hydrogens (tertiary/aromatic N) is 3. The number of rotatable bonds is 5. The van der Waals surface area contributed by atoms with E-state index in [1.807, 2.05) is 31.2 Å². The molecular formula is C19H26N4O5S. The van der Waals surface area contributed by atoms with E-state index in [1.165, 1.54) is 11.4 Å². The Morgan fingerprint density at radius 1 is 1.24 bits per heavy atom. The highest BCUT2D eigenvalue weighted by molar-refractivity contribution is 8.25. The van der Waals surface area contributed by atoms with Gasteiger partial charge in [0.2, 0.25) is 11.7 Å². The van der Waals surface area contributed by atoms with Gasteiger partial charge in [-0.15, -0.1) is 10.8 Å². The van der Waals surface area contributed by atoms with Gasteiger partial charge < -0.3 is 10.4 Å². The summed E-state index contributed by atoms with van der Waals surface area (Å²) >= 11 is 0. The van der Waals surface area contributed by atoms with E-state index in [-0.39, 0.29) is 11.7 Å². The van der Waals surface area contributed by atoms with Gasteiger partial charge in [-0.2, -0.15) is 0 Å². The second kappa shape index (κ2) is 8.44. The van der Waals surface area contributed by atoms with Crippen molar-refractivity contribution in [3.8, 4) is 5.75 Å². The van der Waals surface area contributed by atoms with Crippen molar-refractivity contribution in [3.63, 3.8) is 0 Å². The number of benzene rings is 1. The molecule has 1 amide bonds. The van der Waals surface area contributed by atoms with E-state index in [1.54, 1.807) is 0 Å². The summed E-state index contributed by atoms with van der Waals surface area (Å²) in [6.45, 7) is 2.58. The molecule has 29 heavy (non-hydrogen) atoms. The Kier molecular flexibility index (Phi) is 6.15. The molecule has 0 bridgehead atoms. The summed E-state index contributed by atoms with van der Waals surface area (Å²) in [6.07, 6.45) is 1.93. The highest BCUT2D eigenvalue weighted by atomic mass is 32.3. The number of carbonyl (C=O) groups is 1. The molecular weight excluding hydrogens is 396 g/mol. The average molecular weight is 423 g/mol. The van der Waals surface area contributed by atoms with Gasteiger partial charge in [0.05, 0.1) is 5.75 Å². The summed E-state index contributed by atoms with van der Waals surface area (Å²) in [5.74, 6) is -1.34. The number of nitrogens with one attached hydrogen (secondary N) is 1. The molecule has 9 nitrogen and oxygen atoms in total. The monoisotopic (exact) mass is 422 g/mol. The molecule has 1 aliphatic heterocycles. The number of aromatic hydroxyl groups is 1. The fourth-order valence-electron chi connectivity index (χ4n) is 3.16. The summed E-state index contributed by atoms with van der Waals surface area (Å²) in [7, 11) is -1.76. The van der Waals surface area contributed by atoms with E-state index in [9.17, 15) is 23.8 Å². The first-order chi connectivity index (χ1) is 13.7. The first-order valence-corrected chi connectivity index (χ1v) is 11.1. The lowest BCUT2D eigenvalue weighted by Crippen LogP contribution is -2.40. The van der Waals surface area contributed by atoms with Crippen molar-refractivity contribution in [1.82, 2.24) is 14.9 Å². The van der Waals surface area contributed by atoms with Crippen molar-refractivity contribution in [1.29, 1.82) is 0 Å². The van der Waals surface area contributed by atoms with E-state index in [4.69, 9.17) is 0 Å². The lowest BCUT2D eigenvalue weighted by Gasteiger charge is -2.46. The van der Waals surface area contributed by atoms with Crippen LogP contribution in [0.1, 0.15) is 34.5 Å². The molecule has 0 radical (unpaired) electrons. The molecule has 2 heterocycles. The van der Waals surface area contributed by atoms with Crippen LogP contribution in [0.4, 0.5) is 5.95 Å². The van der Waals surface area contributed by atoms with Gasteiger partial charge in [0.15, 0.2) is 5.69 Å². The lowest BCUT2D eigenvalue weighted by molar-refractivity contribution is 0.0945.